The van der Waals surface area contributed by atoms with Gasteiger partial charge in [0.1, 0.15) is 0 Å². The Balaban J connectivity index is 2.69. The molecule has 0 saturated carbocycles. The number of carbonyl (C=O) groups is 1. The number of rotatable bonds is 5. The molecule has 4 heteroatoms. The number of carbonyl (C=O) groups excluding carboxylic acids is 1. The average Bonchev–Trinajstić information content (AvgIpc) is 2.46. The van der Waals surface area contributed by atoms with Gasteiger partial charge in [-0.15, -0.1) is 0 Å². The number of hydrogen-bond donors (Lipinski definition) is 2. The fourth-order valence-corrected chi connectivity index (χ4v) is 2.01. The van der Waals surface area contributed by atoms with Gasteiger partial charge in [0.15, 0.2) is 0 Å². The molecule has 0 aliphatic rings. The van der Waals surface area contributed by atoms with E-state index in [4.69, 9.17) is 5.73 Å². The highest BCUT2D eigenvalue weighted by molar-refractivity contribution is 7.99. The Hall–Kier alpha value is -1.44. The highest BCUT2D eigenvalue weighted by Crippen LogP contribution is 2.11. The van der Waals surface area contributed by atoms with E-state index in [1.54, 1.807) is 11.8 Å². The number of benzene rings is 1. The summed E-state index contributed by atoms with van der Waals surface area (Å²) < 4.78 is 0. The lowest BCUT2D eigenvalue weighted by Gasteiger charge is -2.10. The summed E-state index contributed by atoms with van der Waals surface area (Å²) in [6.07, 6.45) is 3.05. The second-order valence-corrected chi connectivity index (χ2v) is 5.90. The lowest BCUT2D eigenvalue weighted by Crippen LogP contribution is -2.26. The van der Waals surface area contributed by atoms with Crippen molar-refractivity contribution in [1.29, 1.82) is 0 Å². The lowest BCUT2D eigenvalue weighted by molar-refractivity contribution is 0.0953. The van der Waals surface area contributed by atoms with Gasteiger partial charge in [0.25, 0.3) is 5.91 Å². The summed E-state index contributed by atoms with van der Waals surface area (Å²) in [5.41, 5.74) is 7.94. The summed E-state index contributed by atoms with van der Waals surface area (Å²) in [6.45, 7) is 5.15. The van der Waals surface area contributed by atoms with Gasteiger partial charge in [-0.05, 0) is 37.3 Å². The third kappa shape index (κ3) is 5.28. The molecule has 1 amide bonds. The average molecular weight is 290 g/mol. The molecule has 0 spiro atoms. The Labute approximate surface area is 125 Å². The van der Waals surface area contributed by atoms with E-state index in [9.17, 15) is 4.79 Å². The predicted molar refractivity (Wildman–Crippen MR) is 87.0 cm³/mol. The molecule has 108 valence electrons. The van der Waals surface area contributed by atoms with Crippen molar-refractivity contribution in [3.8, 4) is 11.8 Å². The van der Waals surface area contributed by atoms with Crippen molar-refractivity contribution >= 4 is 17.7 Å². The minimum absolute atomic E-state index is 0.0471. The van der Waals surface area contributed by atoms with Crippen LogP contribution in [0, 0.1) is 18.8 Å². The van der Waals surface area contributed by atoms with Crippen LogP contribution in [0.4, 0.5) is 0 Å². The number of amides is 1. The normalized spacial score (nSPS) is 11.4. The highest BCUT2D eigenvalue weighted by Gasteiger charge is 2.07. The van der Waals surface area contributed by atoms with Crippen LogP contribution in [0.5, 0.6) is 0 Å². The summed E-state index contributed by atoms with van der Waals surface area (Å²) in [7, 11) is 0. The van der Waals surface area contributed by atoms with E-state index in [1.165, 1.54) is 0 Å². The fraction of sp³-hybridized carbons (Fsp3) is 0.438. The van der Waals surface area contributed by atoms with E-state index >= 15 is 0 Å². The molecule has 1 rings (SSSR count). The van der Waals surface area contributed by atoms with Crippen LogP contribution in [0.25, 0.3) is 0 Å². The first kappa shape index (κ1) is 16.6. The Morgan fingerprint density at radius 1 is 1.50 bits per heavy atom. The Morgan fingerprint density at radius 3 is 2.90 bits per heavy atom. The van der Waals surface area contributed by atoms with Crippen LogP contribution in [0.15, 0.2) is 18.2 Å². The highest BCUT2D eigenvalue weighted by atomic mass is 32.2. The summed E-state index contributed by atoms with van der Waals surface area (Å²) in [6, 6.07) is 5.57. The minimum Gasteiger partial charge on any atom is -0.352 e. The first-order valence-corrected chi connectivity index (χ1v) is 7.97. The van der Waals surface area contributed by atoms with E-state index in [2.05, 4.69) is 30.3 Å². The molecule has 20 heavy (non-hydrogen) atoms. The quantitative estimate of drug-likeness (QED) is 0.817. The predicted octanol–water partition coefficient (Wildman–Crippen LogP) is 2.18. The van der Waals surface area contributed by atoms with Crippen LogP contribution in [-0.2, 0) is 0 Å². The molecule has 0 radical (unpaired) electrons. The SMILES string of the molecule is CSC(C)CCNC(=O)c1ccc(C)c(C#CCN)c1. The molecule has 1 aromatic rings. The second-order valence-electron chi connectivity index (χ2n) is 4.63. The Bertz CT molecular complexity index is 517. The summed E-state index contributed by atoms with van der Waals surface area (Å²) in [5.74, 6) is 5.77. The standard InChI is InChI=1S/C16H22N2OS/c1-12-6-7-15(11-14(12)5-4-9-17)16(19)18-10-8-13(2)20-3/h6-7,11,13H,8-10,17H2,1-3H3,(H,18,19). The van der Waals surface area contributed by atoms with Gasteiger partial charge < -0.3 is 11.1 Å². The van der Waals surface area contributed by atoms with Gasteiger partial charge in [-0.1, -0.05) is 24.8 Å². The molecule has 0 bridgehead atoms. The molecular weight excluding hydrogens is 268 g/mol. The van der Waals surface area contributed by atoms with Crippen molar-refractivity contribution in [3.63, 3.8) is 0 Å². The van der Waals surface area contributed by atoms with Crippen molar-refractivity contribution < 1.29 is 4.79 Å². The number of nitrogens with two attached hydrogens (primary N) is 1. The summed E-state index contributed by atoms with van der Waals surface area (Å²) in [4.78, 5) is 12.1. The van der Waals surface area contributed by atoms with Gasteiger partial charge in [-0.2, -0.15) is 11.8 Å². The monoisotopic (exact) mass is 290 g/mol. The van der Waals surface area contributed by atoms with E-state index in [0.717, 1.165) is 17.5 Å². The smallest absolute Gasteiger partial charge is 0.251 e. The molecule has 0 aliphatic heterocycles. The van der Waals surface area contributed by atoms with Gasteiger partial charge in [0.2, 0.25) is 0 Å². The Morgan fingerprint density at radius 2 is 2.25 bits per heavy atom. The number of thioether (sulfide) groups is 1. The number of nitrogens with one attached hydrogen (secondary N) is 1. The molecule has 1 unspecified atom stereocenters. The number of hydrogen-bond acceptors (Lipinski definition) is 3. The van der Waals surface area contributed by atoms with E-state index in [1.807, 2.05) is 25.1 Å². The van der Waals surface area contributed by atoms with E-state index in [0.29, 0.717) is 23.9 Å². The van der Waals surface area contributed by atoms with Crippen LogP contribution >= 0.6 is 11.8 Å². The maximum absolute atomic E-state index is 12.1. The van der Waals surface area contributed by atoms with Gasteiger partial charge in [-0.3, -0.25) is 4.79 Å². The molecule has 0 saturated heterocycles. The molecule has 1 atom stereocenters. The summed E-state index contributed by atoms with van der Waals surface area (Å²) >= 11 is 1.80. The van der Waals surface area contributed by atoms with E-state index in [-0.39, 0.29) is 5.91 Å². The molecule has 0 heterocycles. The third-order valence-corrected chi connectivity index (χ3v) is 4.10. The minimum atomic E-state index is -0.0471. The zero-order valence-corrected chi connectivity index (χ0v) is 13.1. The molecule has 0 aliphatic carbocycles. The first-order valence-electron chi connectivity index (χ1n) is 6.69. The first-order chi connectivity index (χ1) is 9.58. The lowest BCUT2D eigenvalue weighted by atomic mass is 10.0. The van der Waals surface area contributed by atoms with Crippen molar-refractivity contribution in [1.82, 2.24) is 5.32 Å². The fourth-order valence-electron chi connectivity index (χ4n) is 1.65. The molecule has 3 nitrogen and oxygen atoms in total. The second kappa shape index (κ2) is 8.68. The molecule has 3 N–H and O–H groups in total. The maximum atomic E-state index is 12.1. The van der Waals surface area contributed by atoms with Gasteiger partial charge in [-0.25, -0.2) is 0 Å². The zero-order valence-electron chi connectivity index (χ0n) is 12.3. The van der Waals surface area contributed by atoms with Crippen LogP contribution in [0.3, 0.4) is 0 Å². The van der Waals surface area contributed by atoms with Crippen molar-refractivity contribution in [2.45, 2.75) is 25.5 Å². The topological polar surface area (TPSA) is 55.1 Å². The van der Waals surface area contributed by atoms with Crippen LogP contribution < -0.4 is 11.1 Å². The Kier molecular flexibility index (Phi) is 7.21. The summed E-state index contributed by atoms with van der Waals surface area (Å²) in [5, 5.41) is 3.50. The van der Waals surface area contributed by atoms with Crippen LogP contribution in [0.2, 0.25) is 0 Å². The van der Waals surface area contributed by atoms with Gasteiger partial charge >= 0.3 is 0 Å². The zero-order chi connectivity index (χ0) is 15.0. The van der Waals surface area contributed by atoms with Crippen LogP contribution in [0.1, 0.15) is 34.8 Å². The third-order valence-electron chi connectivity index (χ3n) is 3.06. The largest absolute Gasteiger partial charge is 0.352 e. The molecule has 0 fully saturated rings. The van der Waals surface area contributed by atoms with E-state index < -0.39 is 0 Å². The van der Waals surface area contributed by atoms with Crippen molar-refractivity contribution in [3.05, 3.63) is 34.9 Å². The van der Waals surface area contributed by atoms with Gasteiger partial charge in [0.05, 0.1) is 6.54 Å². The molecule has 0 aromatic heterocycles. The van der Waals surface area contributed by atoms with Crippen molar-refractivity contribution in [2.75, 3.05) is 19.3 Å². The van der Waals surface area contributed by atoms with Crippen molar-refractivity contribution in [2.24, 2.45) is 5.73 Å². The maximum Gasteiger partial charge on any atom is 0.251 e. The van der Waals surface area contributed by atoms with Crippen LogP contribution in [-0.4, -0.2) is 30.5 Å². The molecular formula is C16H22N2OS. The molecule has 1 aromatic carbocycles. The number of aryl methyl sites for hydroxylation is 1. The van der Waals surface area contributed by atoms with Gasteiger partial charge in [0, 0.05) is 22.9 Å².